The molecule has 156 valence electrons. The fraction of sp³-hybridized carbons (Fsp3) is 0.524. The van der Waals surface area contributed by atoms with E-state index in [2.05, 4.69) is 33.7 Å². The van der Waals surface area contributed by atoms with Gasteiger partial charge in [0.1, 0.15) is 0 Å². The minimum atomic E-state index is -0.625. The van der Waals surface area contributed by atoms with E-state index in [0.29, 0.717) is 12.4 Å². The average molecular weight is 401 g/mol. The van der Waals surface area contributed by atoms with Gasteiger partial charge in [-0.25, -0.2) is 9.78 Å². The molecule has 0 atom stereocenters. The third kappa shape index (κ3) is 4.09. The molecule has 0 aliphatic carbocycles. The Kier molecular flexibility index (Phi) is 6.14. The first-order valence-corrected chi connectivity index (χ1v) is 10.0. The Morgan fingerprint density at radius 3 is 2.55 bits per heavy atom. The Balaban J connectivity index is 0.00000240. The second-order valence-corrected chi connectivity index (χ2v) is 7.96. The van der Waals surface area contributed by atoms with Gasteiger partial charge >= 0.3 is 5.69 Å². The lowest BCUT2D eigenvalue weighted by Crippen LogP contribution is -3.13. The van der Waals surface area contributed by atoms with Gasteiger partial charge in [-0.3, -0.25) is 9.78 Å². The molecule has 0 aromatic heterocycles. The SMILES string of the molecule is C.Cc1cc2nc3c(=O)[nH]c(=O)nc-3n(CC[NH+]3CCC(C[NH3+])CC3)c2cc1C. The van der Waals surface area contributed by atoms with Gasteiger partial charge in [-0.1, -0.05) is 7.43 Å². The molecule has 1 aromatic rings. The van der Waals surface area contributed by atoms with Crippen molar-refractivity contribution >= 4 is 11.0 Å². The number of aryl methyl sites for hydroxylation is 2. The molecule has 0 unspecified atom stereocenters. The summed E-state index contributed by atoms with van der Waals surface area (Å²) in [5, 5.41) is 0. The average Bonchev–Trinajstić information content (AvgIpc) is 2.67. The van der Waals surface area contributed by atoms with Crippen LogP contribution >= 0.6 is 0 Å². The number of benzene rings is 1. The molecule has 1 aromatic carbocycles. The molecular formula is C21H32N6O2+2. The summed E-state index contributed by atoms with van der Waals surface area (Å²) in [4.78, 5) is 36.6. The molecule has 8 heteroatoms. The van der Waals surface area contributed by atoms with Crippen LogP contribution in [0.2, 0.25) is 0 Å². The molecule has 8 nitrogen and oxygen atoms in total. The number of nitrogens with zero attached hydrogens (tertiary/aromatic N) is 3. The van der Waals surface area contributed by atoms with Gasteiger partial charge in [-0.15, -0.1) is 0 Å². The maximum absolute atomic E-state index is 12.3. The number of hydrogen-bond donors (Lipinski definition) is 3. The first-order valence-electron chi connectivity index (χ1n) is 10.0. The molecule has 0 radical (unpaired) electrons. The van der Waals surface area contributed by atoms with Gasteiger partial charge in [0.05, 0.1) is 43.8 Å². The number of H-pyrrole nitrogens is 1. The summed E-state index contributed by atoms with van der Waals surface area (Å²) in [5.41, 5.74) is 7.10. The number of fused-ring (bicyclic) bond motifs is 2. The summed E-state index contributed by atoms with van der Waals surface area (Å²) in [6.45, 7) is 9.00. The highest BCUT2D eigenvalue weighted by Crippen LogP contribution is 2.23. The molecule has 0 spiro atoms. The monoisotopic (exact) mass is 400 g/mol. The number of piperidine rings is 1. The third-order valence-corrected chi connectivity index (χ3v) is 6.13. The third-order valence-electron chi connectivity index (χ3n) is 6.13. The standard InChI is InChI=1S/C20H26N6O2.CH4/c1-12-9-15-16(10-13(12)2)26(8-7-25-5-3-14(11-21)4-6-25)18-17(22-15)19(27)24-20(28)23-18;/h9-10,14H,3-8,11,21H2,1-2H3,(H,24,27,28);1H4/p+2. The lowest BCUT2D eigenvalue weighted by atomic mass is 9.97. The van der Waals surface area contributed by atoms with E-state index in [9.17, 15) is 9.59 Å². The number of hydrogen-bond acceptors (Lipinski definition) is 4. The summed E-state index contributed by atoms with van der Waals surface area (Å²) in [7, 11) is 0. The highest BCUT2D eigenvalue weighted by atomic mass is 16.2. The maximum atomic E-state index is 12.3. The molecule has 0 amide bonds. The predicted octanol–water partition coefficient (Wildman–Crippen LogP) is -0.626. The summed E-state index contributed by atoms with van der Waals surface area (Å²) in [5.74, 6) is 1.12. The lowest BCUT2D eigenvalue weighted by Gasteiger charge is -2.28. The van der Waals surface area contributed by atoms with Crippen LogP contribution in [0.5, 0.6) is 0 Å². The Morgan fingerprint density at radius 1 is 1.17 bits per heavy atom. The summed E-state index contributed by atoms with van der Waals surface area (Å²) in [6.07, 6.45) is 2.42. The Bertz CT molecular complexity index is 1090. The zero-order valence-electron chi connectivity index (χ0n) is 16.5. The van der Waals surface area contributed by atoms with E-state index in [0.717, 1.165) is 54.3 Å². The van der Waals surface area contributed by atoms with Crippen molar-refractivity contribution in [3.05, 3.63) is 44.1 Å². The molecule has 0 saturated carbocycles. The minimum Gasteiger partial charge on any atom is -0.357 e. The van der Waals surface area contributed by atoms with Crippen LogP contribution in [0.25, 0.3) is 22.6 Å². The van der Waals surface area contributed by atoms with Crippen molar-refractivity contribution in [3.63, 3.8) is 0 Å². The topological polar surface area (TPSA) is 113 Å². The van der Waals surface area contributed by atoms with Gasteiger partial charge in [0.25, 0.3) is 5.56 Å². The molecule has 1 fully saturated rings. The van der Waals surface area contributed by atoms with E-state index in [1.807, 2.05) is 17.6 Å². The number of likely N-dealkylation sites (tertiary alicyclic amines) is 1. The van der Waals surface area contributed by atoms with Gasteiger partial charge < -0.3 is 15.2 Å². The van der Waals surface area contributed by atoms with E-state index in [1.165, 1.54) is 12.8 Å². The molecular weight excluding hydrogens is 368 g/mol. The van der Waals surface area contributed by atoms with Gasteiger partial charge in [-0.2, -0.15) is 4.98 Å². The van der Waals surface area contributed by atoms with Crippen molar-refractivity contribution < 1.29 is 10.6 Å². The molecule has 29 heavy (non-hydrogen) atoms. The second-order valence-electron chi connectivity index (χ2n) is 7.96. The number of rotatable bonds is 4. The molecule has 3 heterocycles. The molecule has 1 saturated heterocycles. The van der Waals surface area contributed by atoms with Gasteiger partial charge in [0.2, 0.25) is 0 Å². The predicted molar refractivity (Wildman–Crippen MR) is 113 cm³/mol. The number of aromatic amines is 1. The Morgan fingerprint density at radius 2 is 1.86 bits per heavy atom. The van der Waals surface area contributed by atoms with Crippen molar-refractivity contribution in [2.45, 2.75) is 40.7 Å². The van der Waals surface area contributed by atoms with Crippen LogP contribution < -0.4 is 21.9 Å². The molecule has 0 bridgehead atoms. The molecule has 5 N–H and O–H groups in total. The number of nitrogens with one attached hydrogen (secondary N) is 2. The first-order chi connectivity index (χ1) is 13.5. The summed E-state index contributed by atoms with van der Waals surface area (Å²) < 4.78 is 2.00. The summed E-state index contributed by atoms with van der Waals surface area (Å²) >= 11 is 0. The van der Waals surface area contributed by atoms with Gasteiger partial charge in [0.15, 0.2) is 11.5 Å². The first kappa shape index (κ1) is 21.1. The van der Waals surface area contributed by atoms with Crippen LogP contribution in [0.4, 0.5) is 0 Å². The van der Waals surface area contributed by atoms with Crippen LogP contribution in [0.1, 0.15) is 31.4 Å². The lowest BCUT2D eigenvalue weighted by molar-refractivity contribution is -0.907. The van der Waals surface area contributed by atoms with Gasteiger partial charge in [-0.05, 0) is 37.1 Å². The maximum Gasteiger partial charge on any atom is 0.349 e. The highest BCUT2D eigenvalue weighted by molar-refractivity contribution is 5.81. The van der Waals surface area contributed by atoms with Gasteiger partial charge in [0, 0.05) is 18.8 Å². The second kappa shape index (κ2) is 8.42. The van der Waals surface area contributed by atoms with Crippen LogP contribution in [0.3, 0.4) is 0 Å². The van der Waals surface area contributed by atoms with E-state index in [4.69, 9.17) is 0 Å². The Labute approximate surface area is 170 Å². The Hall–Kier alpha value is -2.58. The zero-order valence-corrected chi connectivity index (χ0v) is 16.5. The molecule has 3 aliphatic rings. The fourth-order valence-corrected chi connectivity index (χ4v) is 4.17. The van der Waals surface area contributed by atoms with E-state index < -0.39 is 11.2 Å². The minimum absolute atomic E-state index is 0. The smallest absolute Gasteiger partial charge is 0.349 e. The van der Waals surface area contributed by atoms with Crippen LogP contribution in [-0.2, 0) is 6.54 Å². The van der Waals surface area contributed by atoms with Crippen molar-refractivity contribution in [1.29, 1.82) is 0 Å². The van der Waals surface area contributed by atoms with Crippen LogP contribution in [-0.4, -0.2) is 45.7 Å². The van der Waals surface area contributed by atoms with Crippen LogP contribution in [0, 0.1) is 19.8 Å². The normalized spacial score (nSPS) is 19.4. The quantitative estimate of drug-likeness (QED) is 0.506. The zero-order chi connectivity index (χ0) is 19.8. The van der Waals surface area contributed by atoms with E-state index in [-0.39, 0.29) is 13.1 Å². The van der Waals surface area contributed by atoms with Crippen molar-refractivity contribution in [1.82, 2.24) is 19.5 Å². The van der Waals surface area contributed by atoms with Crippen LogP contribution in [0.15, 0.2) is 21.7 Å². The fourth-order valence-electron chi connectivity index (χ4n) is 4.17. The van der Waals surface area contributed by atoms with Crippen molar-refractivity contribution in [2.75, 3.05) is 26.2 Å². The van der Waals surface area contributed by atoms with Crippen molar-refractivity contribution in [3.8, 4) is 11.5 Å². The number of quaternary nitrogens is 2. The number of aromatic nitrogens is 4. The van der Waals surface area contributed by atoms with E-state index in [1.54, 1.807) is 4.90 Å². The van der Waals surface area contributed by atoms with E-state index >= 15 is 0 Å². The summed E-state index contributed by atoms with van der Waals surface area (Å²) in [6, 6.07) is 4.08. The molecule has 3 aliphatic heterocycles. The highest BCUT2D eigenvalue weighted by Gasteiger charge is 2.24. The largest absolute Gasteiger partial charge is 0.357 e. The van der Waals surface area contributed by atoms with Crippen molar-refractivity contribution in [2.24, 2.45) is 5.92 Å². The molecule has 4 rings (SSSR count).